The van der Waals surface area contributed by atoms with Crippen molar-refractivity contribution in [3.05, 3.63) is 36.5 Å². The summed E-state index contributed by atoms with van der Waals surface area (Å²) in [6, 6.07) is 9.73. The number of aromatic nitrogens is 2. The van der Waals surface area contributed by atoms with Crippen molar-refractivity contribution >= 4 is 24.0 Å². The van der Waals surface area contributed by atoms with Gasteiger partial charge in [-0.3, -0.25) is 0 Å². The van der Waals surface area contributed by atoms with Crippen LogP contribution in [0.1, 0.15) is 0 Å². The molecule has 0 unspecified atom stereocenters. The summed E-state index contributed by atoms with van der Waals surface area (Å²) in [6.45, 7) is 0. The first-order valence-electron chi connectivity index (χ1n) is 3.29. The molecule has 1 heterocycles. The Morgan fingerprint density at radius 1 is 1.08 bits per heavy atom. The number of halogens is 1. The van der Waals surface area contributed by atoms with Crippen molar-refractivity contribution < 1.29 is 4.52 Å². The molecule has 0 atom stereocenters. The fraction of sp³-hybridized carbons (Fsp3) is 0. The highest BCUT2D eigenvalue weighted by Crippen LogP contribution is 2.15. The van der Waals surface area contributed by atoms with E-state index >= 15 is 0 Å². The number of hydrogen-bond donors (Lipinski definition) is 0. The molecule has 1 aromatic heterocycles. The summed E-state index contributed by atoms with van der Waals surface area (Å²) in [7, 11) is 0. The van der Waals surface area contributed by atoms with Crippen molar-refractivity contribution in [2.75, 3.05) is 0 Å². The van der Waals surface area contributed by atoms with Crippen LogP contribution >= 0.6 is 24.0 Å². The van der Waals surface area contributed by atoms with E-state index in [-0.39, 0.29) is 24.0 Å². The minimum absolute atomic E-state index is 0. The van der Waals surface area contributed by atoms with Crippen LogP contribution < -0.4 is 0 Å². The van der Waals surface area contributed by atoms with Gasteiger partial charge in [-0.25, -0.2) is 0 Å². The van der Waals surface area contributed by atoms with Gasteiger partial charge in [0.1, 0.15) is 0 Å². The van der Waals surface area contributed by atoms with Gasteiger partial charge in [-0.2, -0.15) is 0 Å². The van der Waals surface area contributed by atoms with Crippen LogP contribution in [0.15, 0.2) is 41.1 Å². The van der Waals surface area contributed by atoms with E-state index in [1.807, 2.05) is 30.3 Å². The number of hydrogen-bond acceptors (Lipinski definition) is 3. The third-order valence-corrected chi connectivity index (χ3v) is 1.42. The van der Waals surface area contributed by atoms with Crippen LogP contribution in [0.5, 0.6) is 0 Å². The monoisotopic (exact) mass is 274 g/mol. The standard InChI is InChI=1S/C8H6N2O.HI/c1-2-4-7(5-3-1)8-6-9-10-11-8;/h1-6H;1H. The molecule has 0 fully saturated rings. The van der Waals surface area contributed by atoms with Crippen molar-refractivity contribution in [1.29, 1.82) is 0 Å². The molecule has 62 valence electrons. The fourth-order valence-electron chi connectivity index (χ4n) is 0.897. The van der Waals surface area contributed by atoms with E-state index in [0.29, 0.717) is 5.76 Å². The van der Waals surface area contributed by atoms with Gasteiger partial charge < -0.3 is 4.52 Å². The van der Waals surface area contributed by atoms with Gasteiger partial charge in [0.05, 0.1) is 6.20 Å². The number of benzene rings is 1. The number of rotatable bonds is 1. The third kappa shape index (κ3) is 1.82. The van der Waals surface area contributed by atoms with Crippen LogP contribution in [0.3, 0.4) is 0 Å². The molecular weight excluding hydrogens is 267 g/mol. The van der Waals surface area contributed by atoms with Crippen LogP contribution in [0.25, 0.3) is 11.3 Å². The van der Waals surface area contributed by atoms with Gasteiger partial charge >= 0.3 is 0 Å². The third-order valence-electron chi connectivity index (χ3n) is 1.42. The first kappa shape index (κ1) is 9.18. The van der Waals surface area contributed by atoms with Gasteiger partial charge in [0.25, 0.3) is 0 Å². The minimum atomic E-state index is 0. The van der Waals surface area contributed by atoms with Gasteiger partial charge in [-0.05, 0) is 0 Å². The Labute approximate surface area is 86.8 Å². The molecule has 0 aliphatic carbocycles. The van der Waals surface area contributed by atoms with E-state index in [1.54, 1.807) is 6.20 Å². The van der Waals surface area contributed by atoms with Crippen molar-refractivity contribution in [2.24, 2.45) is 0 Å². The predicted molar refractivity (Wildman–Crippen MR) is 55.1 cm³/mol. The second-order valence-corrected chi connectivity index (χ2v) is 2.15. The predicted octanol–water partition coefficient (Wildman–Crippen LogP) is 2.35. The smallest absolute Gasteiger partial charge is 0.187 e. The Balaban J connectivity index is 0.000000720. The van der Waals surface area contributed by atoms with Crippen LogP contribution in [-0.4, -0.2) is 10.4 Å². The van der Waals surface area contributed by atoms with Gasteiger partial charge in [0.2, 0.25) is 0 Å². The summed E-state index contributed by atoms with van der Waals surface area (Å²) >= 11 is 0. The number of nitrogens with zero attached hydrogens (tertiary/aromatic N) is 2. The highest BCUT2D eigenvalue weighted by molar-refractivity contribution is 14.0. The van der Waals surface area contributed by atoms with E-state index < -0.39 is 0 Å². The molecule has 1 aromatic carbocycles. The molecule has 0 bridgehead atoms. The zero-order valence-corrected chi connectivity index (χ0v) is 8.51. The molecule has 0 spiro atoms. The van der Waals surface area contributed by atoms with Gasteiger partial charge in [0.15, 0.2) is 5.76 Å². The molecule has 2 rings (SSSR count). The SMILES string of the molecule is I.c1ccc(-c2cnno2)cc1. The van der Waals surface area contributed by atoms with E-state index in [0.717, 1.165) is 5.56 Å². The van der Waals surface area contributed by atoms with Crippen LogP contribution in [-0.2, 0) is 0 Å². The van der Waals surface area contributed by atoms with Gasteiger partial charge in [-0.15, -0.1) is 29.1 Å². The highest BCUT2D eigenvalue weighted by Gasteiger charge is 1.98. The Hall–Kier alpha value is -0.910. The summed E-state index contributed by atoms with van der Waals surface area (Å²) in [5, 5.41) is 6.96. The van der Waals surface area contributed by atoms with E-state index in [1.165, 1.54) is 0 Å². The van der Waals surface area contributed by atoms with Crippen molar-refractivity contribution in [3.63, 3.8) is 0 Å². The summed E-state index contributed by atoms with van der Waals surface area (Å²) in [5.41, 5.74) is 0.998. The molecule has 0 N–H and O–H groups in total. The van der Waals surface area contributed by atoms with Crippen molar-refractivity contribution in [1.82, 2.24) is 10.4 Å². The maximum absolute atomic E-state index is 4.86. The molecule has 12 heavy (non-hydrogen) atoms. The summed E-state index contributed by atoms with van der Waals surface area (Å²) < 4.78 is 4.86. The first-order chi connectivity index (χ1) is 5.47. The highest BCUT2D eigenvalue weighted by atomic mass is 127. The lowest BCUT2D eigenvalue weighted by Gasteiger charge is -1.89. The molecular formula is C8H7IN2O. The molecule has 4 heteroatoms. The molecule has 2 aromatic rings. The molecule has 0 aliphatic heterocycles. The lowest BCUT2D eigenvalue weighted by Crippen LogP contribution is -1.69. The quantitative estimate of drug-likeness (QED) is 0.749. The second-order valence-electron chi connectivity index (χ2n) is 2.15. The molecule has 3 nitrogen and oxygen atoms in total. The Morgan fingerprint density at radius 2 is 1.83 bits per heavy atom. The average Bonchev–Trinajstić information content (AvgIpc) is 2.58. The topological polar surface area (TPSA) is 38.9 Å². The summed E-state index contributed by atoms with van der Waals surface area (Å²) in [6.07, 6.45) is 1.59. The van der Waals surface area contributed by atoms with Crippen LogP contribution in [0.4, 0.5) is 0 Å². The Kier molecular flexibility index (Phi) is 3.21. The molecule has 0 aliphatic rings. The Morgan fingerprint density at radius 3 is 2.42 bits per heavy atom. The zero-order chi connectivity index (χ0) is 7.52. The maximum atomic E-state index is 4.86. The molecule has 0 amide bonds. The van der Waals surface area contributed by atoms with Crippen LogP contribution in [0.2, 0.25) is 0 Å². The summed E-state index contributed by atoms with van der Waals surface area (Å²) in [4.78, 5) is 0. The minimum Gasteiger partial charge on any atom is -0.337 e. The van der Waals surface area contributed by atoms with Crippen molar-refractivity contribution in [2.45, 2.75) is 0 Å². The summed E-state index contributed by atoms with van der Waals surface area (Å²) in [5.74, 6) is 0.700. The fourth-order valence-corrected chi connectivity index (χ4v) is 0.897. The lowest BCUT2D eigenvalue weighted by atomic mass is 10.2. The second kappa shape index (κ2) is 4.20. The first-order valence-corrected chi connectivity index (χ1v) is 3.29. The zero-order valence-electron chi connectivity index (χ0n) is 6.18. The molecule has 0 saturated heterocycles. The van der Waals surface area contributed by atoms with Gasteiger partial charge in [0, 0.05) is 10.8 Å². The average molecular weight is 274 g/mol. The molecule has 0 radical (unpaired) electrons. The van der Waals surface area contributed by atoms with E-state index in [2.05, 4.69) is 10.4 Å². The van der Waals surface area contributed by atoms with Crippen molar-refractivity contribution in [3.8, 4) is 11.3 Å². The largest absolute Gasteiger partial charge is 0.337 e. The maximum Gasteiger partial charge on any atom is 0.187 e. The Bertz CT molecular complexity index is 320. The lowest BCUT2D eigenvalue weighted by molar-refractivity contribution is 0.403. The van der Waals surface area contributed by atoms with E-state index in [9.17, 15) is 0 Å². The molecule has 0 saturated carbocycles. The normalized spacial score (nSPS) is 9.00. The van der Waals surface area contributed by atoms with Crippen LogP contribution in [0, 0.1) is 0 Å². The van der Waals surface area contributed by atoms with Gasteiger partial charge in [-0.1, -0.05) is 30.3 Å². The van der Waals surface area contributed by atoms with E-state index in [4.69, 9.17) is 4.52 Å².